The summed E-state index contributed by atoms with van der Waals surface area (Å²) in [7, 11) is 1.28. The highest BCUT2D eigenvalue weighted by atomic mass is 79.9. The fourth-order valence-electron chi connectivity index (χ4n) is 2.23. The molecule has 0 N–H and O–H groups in total. The van der Waals surface area contributed by atoms with Crippen LogP contribution in [0.3, 0.4) is 0 Å². The number of methoxy groups -OCH3 is 1. The summed E-state index contributed by atoms with van der Waals surface area (Å²) in [5.74, 6) is 0.226. The van der Waals surface area contributed by atoms with Gasteiger partial charge in [-0.1, -0.05) is 6.92 Å². The van der Waals surface area contributed by atoms with Crippen LogP contribution in [0.25, 0.3) is 0 Å². The van der Waals surface area contributed by atoms with Crippen LogP contribution < -0.4 is 10.5 Å². The van der Waals surface area contributed by atoms with Crippen LogP contribution in [0.4, 0.5) is 5.69 Å². The average molecular weight is 344 g/mol. The van der Waals surface area contributed by atoms with Gasteiger partial charge in [0.15, 0.2) is 0 Å². The fourth-order valence-corrected chi connectivity index (χ4v) is 2.78. The Hall–Kier alpha value is -1.37. The molecule has 1 aliphatic rings. The smallest absolute Gasteiger partial charge is 0.327 e. The third-order valence-electron chi connectivity index (χ3n) is 3.60. The van der Waals surface area contributed by atoms with Crippen LogP contribution in [-0.2, 0) is 16.1 Å². The molecule has 0 spiro atoms. The predicted molar refractivity (Wildman–Crippen MR) is 78.8 cm³/mol. The van der Waals surface area contributed by atoms with E-state index >= 15 is 0 Å². The van der Waals surface area contributed by atoms with E-state index in [9.17, 15) is 9.59 Å². The van der Waals surface area contributed by atoms with E-state index in [1.807, 2.05) is 0 Å². The largest absolute Gasteiger partial charge is 0.468 e. The summed E-state index contributed by atoms with van der Waals surface area (Å²) in [5, 5.41) is 4.05. The molecule has 0 amide bonds. The molecule has 0 radical (unpaired) electrons. The van der Waals surface area contributed by atoms with Gasteiger partial charge in [-0.2, -0.15) is 5.10 Å². The number of carbonyl (C=O) groups is 1. The molecule has 1 aromatic heterocycles. The van der Waals surface area contributed by atoms with Gasteiger partial charge in [0.25, 0.3) is 5.56 Å². The molecule has 1 fully saturated rings. The Morgan fingerprint density at radius 3 is 2.75 bits per heavy atom. The van der Waals surface area contributed by atoms with Gasteiger partial charge in [-0.25, -0.2) is 4.68 Å². The molecule has 7 heteroatoms. The van der Waals surface area contributed by atoms with E-state index in [4.69, 9.17) is 0 Å². The lowest BCUT2D eigenvalue weighted by Gasteiger charge is -2.32. The normalized spacial score (nSPS) is 16.2. The van der Waals surface area contributed by atoms with Crippen LogP contribution in [-0.4, -0.2) is 35.9 Å². The van der Waals surface area contributed by atoms with E-state index in [1.165, 1.54) is 7.11 Å². The highest BCUT2D eigenvalue weighted by Gasteiger charge is 2.20. The molecule has 2 rings (SSSR count). The first-order valence-corrected chi connectivity index (χ1v) is 7.39. The molecule has 20 heavy (non-hydrogen) atoms. The lowest BCUT2D eigenvalue weighted by Crippen LogP contribution is -2.36. The molecule has 0 saturated carbocycles. The van der Waals surface area contributed by atoms with Gasteiger partial charge < -0.3 is 9.64 Å². The third kappa shape index (κ3) is 3.20. The van der Waals surface area contributed by atoms with Crippen molar-refractivity contribution in [3.63, 3.8) is 0 Å². The quantitative estimate of drug-likeness (QED) is 0.776. The van der Waals surface area contributed by atoms with Gasteiger partial charge in [0.05, 0.1) is 19.0 Å². The van der Waals surface area contributed by atoms with E-state index in [0.717, 1.165) is 42.2 Å². The summed E-state index contributed by atoms with van der Waals surface area (Å²) in [5.41, 5.74) is 0.481. The van der Waals surface area contributed by atoms with Crippen LogP contribution in [0.1, 0.15) is 19.8 Å². The Labute approximate surface area is 125 Å². The first-order chi connectivity index (χ1) is 9.52. The minimum absolute atomic E-state index is 0.175. The molecule has 0 bridgehead atoms. The van der Waals surface area contributed by atoms with Gasteiger partial charge in [-0.3, -0.25) is 9.59 Å². The molecule has 0 aromatic carbocycles. The first kappa shape index (κ1) is 15.0. The zero-order chi connectivity index (χ0) is 14.7. The van der Waals surface area contributed by atoms with Crippen molar-refractivity contribution < 1.29 is 9.53 Å². The molecule has 1 aromatic rings. The fraction of sp³-hybridized carbons (Fsp3) is 0.615. The maximum Gasteiger partial charge on any atom is 0.327 e. The number of hydrogen-bond donors (Lipinski definition) is 0. The average Bonchev–Trinajstić information content (AvgIpc) is 2.45. The van der Waals surface area contributed by atoms with E-state index in [2.05, 4.69) is 37.6 Å². The summed E-state index contributed by atoms with van der Waals surface area (Å²) in [6.45, 7) is 3.90. The van der Waals surface area contributed by atoms with Crippen molar-refractivity contribution in [1.82, 2.24) is 9.78 Å². The topological polar surface area (TPSA) is 64.4 Å². The van der Waals surface area contributed by atoms with Gasteiger partial charge >= 0.3 is 5.97 Å². The number of hydrogen-bond acceptors (Lipinski definition) is 5. The summed E-state index contributed by atoms with van der Waals surface area (Å²) in [6.07, 6.45) is 3.85. The lowest BCUT2D eigenvalue weighted by molar-refractivity contribution is -0.141. The van der Waals surface area contributed by atoms with Gasteiger partial charge in [0, 0.05) is 13.1 Å². The van der Waals surface area contributed by atoms with Gasteiger partial charge in [0.1, 0.15) is 11.0 Å². The van der Waals surface area contributed by atoms with Crippen molar-refractivity contribution in [3.05, 3.63) is 21.0 Å². The summed E-state index contributed by atoms with van der Waals surface area (Å²) in [6, 6.07) is 0. The number of esters is 1. The molecular weight excluding hydrogens is 326 g/mol. The SMILES string of the molecule is COC(=O)Cn1ncc(N2CCC(C)CC2)c(Br)c1=O. The number of nitrogens with zero attached hydrogens (tertiary/aromatic N) is 3. The second-order valence-electron chi connectivity index (χ2n) is 5.05. The number of ether oxygens (including phenoxy) is 1. The van der Waals surface area contributed by atoms with Gasteiger partial charge in [0.2, 0.25) is 0 Å². The first-order valence-electron chi connectivity index (χ1n) is 6.60. The molecule has 0 atom stereocenters. The number of halogens is 1. The number of carbonyl (C=O) groups excluding carboxylic acids is 1. The number of aromatic nitrogens is 2. The molecule has 2 heterocycles. The van der Waals surface area contributed by atoms with Gasteiger partial charge in [-0.05, 0) is 34.7 Å². The van der Waals surface area contributed by atoms with Crippen molar-refractivity contribution >= 4 is 27.6 Å². The highest BCUT2D eigenvalue weighted by Crippen LogP contribution is 2.26. The van der Waals surface area contributed by atoms with Crippen molar-refractivity contribution in [2.45, 2.75) is 26.3 Å². The van der Waals surface area contributed by atoms with Crippen LogP contribution in [0.15, 0.2) is 15.5 Å². The van der Waals surface area contributed by atoms with Crippen molar-refractivity contribution in [2.24, 2.45) is 5.92 Å². The summed E-state index contributed by atoms with van der Waals surface area (Å²) >= 11 is 3.33. The van der Waals surface area contributed by atoms with Crippen molar-refractivity contribution in [2.75, 3.05) is 25.1 Å². The van der Waals surface area contributed by atoms with Crippen molar-refractivity contribution in [3.8, 4) is 0 Å². The monoisotopic (exact) mass is 343 g/mol. The zero-order valence-electron chi connectivity index (χ0n) is 11.6. The maximum atomic E-state index is 12.2. The number of piperidine rings is 1. The van der Waals surface area contributed by atoms with E-state index in [1.54, 1.807) is 6.20 Å². The standard InChI is InChI=1S/C13H18BrN3O3/c1-9-3-5-16(6-4-9)10-7-15-17(8-11(18)20-2)13(19)12(10)14/h7,9H,3-6,8H2,1-2H3. The van der Waals surface area contributed by atoms with Crippen LogP contribution >= 0.6 is 15.9 Å². The minimum atomic E-state index is -0.494. The molecule has 110 valence electrons. The molecule has 0 aliphatic carbocycles. The molecule has 1 saturated heterocycles. The number of rotatable bonds is 3. The summed E-state index contributed by atoms with van der Waals surface area (Å²) < 4.78 is 6.10. The highest BCUT2D eigenvalue weighted by molar-refractivity contribution is 9.10. The Kier molecular flexibility index (Phi) is 4.80. The minimum Gasteiger partial charge on any atom is -0.468 e. The van der Waals surface area contributed by atoms with Crippen molar-refractivity contribution in [1.29, 1.82) is 0 Å². The van der Waals surface area contributed by atoms with Gasteiger partial charge in [-0.15, -0.1) is 0 Å². The van der Waals surface area contributed by atoms with Crippen LogP contribution in [0.5, 0.6) is 0 Å². The lowest BCUT2D eigenvalue weighted by atomic mass is 9.99. The molecule has 1 aliphatic heterocycles. The Bertz CT molecular complexity index is 550. The zero-order valence-corrected chi connectivity index (χ0v) is 13.2. The molecule has 0 unspecified atom stereocenters. The second-order valence-corrected chi connectivity index (χ2v) is 5.85. The predicted octanol–water partition coefficient (Wildman–Crippen LogP) is 1.42. The number of anilines is 1. The van der Waals surface area contributed by atoms with Crippen LogP contribution in [0.2, 0.25) is 0 Å². The van der Waals surface area contributed by atoms with E-state index < -0.39 is 5.97 Å². The Morgan fingerprint density at radius 1 is 1.50 bits per heavy atom. The molecular formula is C13H18BrN3O3. The Balaban J connectivity index is 2.22. The van der Waals surface area contributed by atoms with E-state index in [0.29, 0.717) is 4.47 Å². The van der Waals surface area contributed by atoms with Crippen LogP contribution in [0, 0.1) is 5.92 Å². The van der Waals surface area contributed by atoms with E-state index in [-0.39, 0.29) is 12.1 Å². The second kappa shape index (κ2) is 6.39. The maximum absolute atomic E-state index is 12.2. The molecule has 6 nitrogen and oxygen atoms in total. The Morgan fingerprint density at radius 2 is 2.15 bits per heavy atom. The third-order valence-corrected chi connectivity index (χ3v) is 4.34. The summed E-state index contributed by atoms with van der Waals surface area (Å²) in [4.78, 5) is 25.5.